The Kier molecular flexibility index (Phi) is 46.7. The maximum Gasteiger partial charge on any atom is 0.326 e. The van der Waals surface area contributed by atoms with Gasteiger partial charge in [-0.05, 0) is 45.6 Å². The van der Waals surface area contributed by atoms with Crippen molar-refractivity contribution in [2.24, 2.45) is 5.73 Å². The summed E-state index contributed by atoms with van der Waals surface area (Å²) < 4.78 is 20.7. The number of amides is 2. The molecule has 0 aliphatic heterocycles. The minimum absolute atomic E-state index is 0.00269. The van der Waals surface area contributed by atoms with Crippen molar-refractivity contribution in [1.82, 2.24) is 16.0 Å². The third kappa shape index (κ3) is 45.2. The Morgan fingerprint density at radius 2 is 1.05 bits per heavy atom. The zero-order chi connectivity index (χ0) is 47.9. The molecule has 17 heteroatoms. The third-order valence-electron chi connectivity index (χ3n) is 10.5. The highest BCUT2D eigenvalue weighted by atomic mass is 16.5. The van der Waals surface area contributed by atoms with Crippen molar-refractivity contribution in [3.8, 4) is 0 Å². The molecule has 2 atom stereocenters. The molecule has 0 aliphatic carbocycles. The van der Waals surface area contributed by atoms with E-state index in [9.17, 15) is 38.7 Å². The number of Topliss-reactive ketones (excluding diaryl/α,β-unsaturated/α-hetero) is 3. The first kappa shape index (κ1) is 62.7. The number of rotatable bonds is 47. The molecule has 0 spiro atoms. The second-order valence-electron chi connectivity index (χ2n) is 16.1. The first-order valence-electron chi connectivity index (χ1n) is 24.1. The molecule has 0 aromatic carbocycles. The number of hydrogen-bond donors (Lipinski definition) is 6. The highest BCUT2D eigenvalue weighted by Crippen LogP contribution is 2.14. The van der Waals surface area contributed by atoms with E-state index < -0.39 is 18.0 Å². The summed E-state index contributed by atoms with van der Waals surface area (Å²) in [5.74, 6) is -2.00. The molecule has 7 N–H and O–H groups in total. The van der Waals surface area contributed by atoms with E-state index in [0.717, 1.165) is 70.6 Å². The second kappa shape index (κ2) is 47.6. The number of ketones is 3. The molecule has 374 valence electrons. The monoisotopic (exact) mass is 917 g/mol. The lowest BCUT2D eigenvalue weighted by molar-refractivity contribution is -0.142. The molecule has 0 bridgehead atoms. The zero-order valence-corrected chi connectivity index (χ0v) is 39.9. The average Bonchev–Trinajstić information content (AvgIpc) is 3.27. The Morgan fingerprint density at radius 3 is 1.59 bits per heavy atom. The van der Waals surface area contributed by atoms with E-state index in [1.54, 1.807) is 21.1 Å². The summed E-state index contributed by atoms with van der Waals surface area (Å²) in [4.78, 5) is 80.2. The smallest absolute Gasteiger partial charge is 0.326 e. The van der Waals surface area contributed by atoms with E-state index in [1.165, 1.54) is 44.9 Å². The van der Waals surface area contributed by atoms with Crippen LogP contribution in [0.25, 0.3) is 0 Å². The van der Waals surface area contributed by atoms with Crippen LogP contribution in [-0.4, -0.2) is 137 Å². The van der Waals surface area contributed by atoms with Crippen LogP contribution in [0.2, 0.25) is 0 Å². The molecule has 0 aromatic heterocycles. The van der Waals surface area contributed by atoms with Crippen LogP contribution in [-0.2, 0) is 52.5 Å². The van der Waals surface area contributed by atoms with Gasteiger partial charge in [0.1, 0.15) is 18.4 Å². The van der Waals surface area contributed by atoms with Gasteiger partial charge in [0.05, 0.1) is 45.6 Å². The second-order valence-corrected chi connectivity index (χ2v) is 16.1. The number of unbranched alkanes of at least 4 members (excludes halogenated alkanes) is 15. The standard InChI is InChI=1S/C29H53NO8.C18H35N3O5/c1-37-23-24-38-22-16-17-25(31)20-21-26(29(35)36)30-27(32)18-14-12-10-8-6-4-2-3-5-7-9-11-13-15-19-28(33)34;1-3-18(24)21-9-10-25-11-12-26-14-15(22)7-5-4-6-8-16(20-2)17(23)13-19/h26H,2-24H2,1H3,(H,30,32)(H,33,34)(H,35,36);16,20H,3-14,19H2,1-2H3,(H,21,24)/t26-;16-/m00/s1. The maximum atomic E-state index is 12.2. The van der Waals surface area contributed by atoms with Gasteiger partial charge in [-0.2, -0.15) is 0 Å². The Hall–Kier alpha value is -3.35. The van der Waals surface area contributed by atoms with Gasteiger partial charge >= 0.3 is 11.9 Å². The molecule has 0 rings (SSSR count). The van der Waals surface area contributed by atoms with Crippen molar-refractivity contribution in [1.29, 1.82) is 0 Å². The molecule has 17 nitrogen and oxygen atoms in total. The molecule has 0 aliphatic rings. The van der Waals surface area contributed by atoms with Crippen LogP contribution in [0.1, 0.15) is 174 Å². The molecule has 64 heavy (non-hydrogen) atoms. The number of methoxy groups -OCH3 is 1. The van der Waals surface area contributed by atoms with Gasteiger partial charge in [-0.3, -0.25) is 28.8 Å². The molecular formula is C47H88N4O13. The molecular weight excluding hydrogens is 829 g/mol. The molecule has 0 unspecified atom stereocenters. The van der Waals surface area contributed by atoms with Crippen LogP contribution in [0.3, 0.4) is 0 Å². The highest BCUT2D eigenvalue weighted by molar-refractivity contribution is 5.86. The predicted octanol–water partition coefficient (Wildman–Crippen LogP) is 5.86. The lowest BCUT2D eigenvalue weighted by atomic mass is 10.0. The highest BCUT2D eigenvalue weighted by Gasteiger charge is 2.21. The maximum absolute atomic E-state index is 12.2. The molecule has 0 aromatic rings. The normalized spacial score (nSPS) is 11.9. The molecule has 0 saturated carbocycles. The SMILES string of the molecule is CCC(=O)NCCOCCOCC(=O)CCCCC[C@H](NC)C(=O)CN.COCCOCCCC(=O)CC[C@H](NC(=O)CCCCCCCCCCCCCCCCC(=O)O)C(=O)O. The Labute approximate surface area is 384 Å². The number of carboxylic acid groups (broad SMARTS) is 2. The van der Waals surface area contributed by atoms with Gasteiger partial charge in [0, 0.05) is 58.8 Å². The third-order valence-corrected chi connectivity index (χ3v) is 10.5. The fourth-order valence-electron chi connectivity index (χ4n) is 6.57. The van der Waals surface area contributed by atoms with Crippen LogP contribution < -0.4 is 21.7 Å². The summed E-state index contributed by atoms with van der Waals surface area (Å²) in [5.41, 5.74) is 5.35. The number of carboxylic acids is 2. The number of likely N-dealkylation sites (N-methyl/N-ethyl adjacent to an activating group) is 1. The summed E-state index contributed by atoms with van der Waals surface area (Å²) in [6, 6.07) is -1.21. The van der Waals surface area contributed by atoms with Gasteiger partial charge < -0.3 is 50.8 Å². The number of aliphatic carboxylic acids is 2. The molecule has 0 radical (unpaired) electrons. The number of hydrogen-bond acceptors (Lipinski definition) is 13. The topological polar surface area (TPSA) is 259 Å². The Bertz CT molecular complexity index is 1210. The first-order chi connectivity index (χ1) is 30.9. The molecule has 2 amide bonds. The minimum atomic E-state index is -1.11. The largest absolute Gasteiger partial charge is 0.481 e. The fraction of sp³-hybridized carbons (Fsp3) is 0.851. The van der Waals surface area contributed by atoms with Gasteiger partial charge in [-0.25, -0.2) is 4.79 Å². The van der Waals surface area contributed by atoms with E-state index >= 15 is 0 Å². The number of nitrogens with two attached hydrogens (primary N) is 1. The zero-order valence-electron chi connectivity index (χ0n) is 39.9. The van der Waals surface area contributed by atoms with Crippen LogP contribution in [0, 0.1) is 0 Å². The minimum Gasteiger partial charge on any atom is -0.481 e. The van der Waals surface area contributed by atoms with Crippen LogP contribution in [0.4, 0.5) is 0 Å². The van der Waals surface area contributed by atoms with Gasteiger partial charge in [0.25, 0.3) is 0 Å². The lowest BCUT2D eigenvalue weighted by Crippen LogP contribution is -2.41. The quantitative estimate of drug-likeness (QED) is 0.0391. The van der Waals surface area contributed by atoms with Crippen molar-refractivity contribution in [2.45, 2.75) is 186 Å². The summed E-state index contributed by atoms with van der Waals surface area (Å²) in [6.07, 6.45) is 21.5. The van der Waals surface area contributed by atoms with Gasteiger partial charge in [0.2, 0.25) is 11.8 Å². The van der Waals surface area contributed by atoms with E-state index in [0.29, 0.717) is 78.3 Å². The molecule has 0 saturated heterocycles. The van der Waals surface area contributed by atoms with Crippen LogP contribution >= 0.6 is 0 Å². The predicted molar refractivity (Wildman–Crippen MR) is 247 cm³/mol. The van der Waals surface area contributed by atoms with Crippen molar-refractivity contribution in [2.75, 3.05) is 73.5 Å². The summed E-state index contributed by atoms with van der Waals surface area (Å²) in [5, 5.41) is 26.2. The average molecular weight is 917 g/mol. The summed E-state index contributed by atoms with van der Waals surface area (Å²) >= 11 is 0. The fourth-order valence-corrected chi connectivity index (χ4v) is 6.57. The summed E-state index contributed by atoms with van der Waals surface area (Å²) in [7, 11) is 3.35. The first-order valence-corrected chi connectivity index (χ1v) is 24.1. The van der Waals surface area contributed by atoms with Crippen molar-refractivity contribution >= 4 is 41.1 Å². The van der Waals surface area contributed by atoms with Gasteiger partial charge in [-0.15, -0.1) is 0 Å². The lowest BCUT2D eigenvalue weighted by Gasteiger charge is -2.14. The Morgan fingerprint density at radius 1 is 0.531 bits per heavy atom. The molecule has 0 fully saturated rings. The van der Waals surface area contributed by atoms with Gasteiger partial charge in [-0.1, -0.05) is 96.8 Å². The van der Waals surface area contributed by atoms with Crippen LogP contribution in [0.5, 0.6) is 0 Å². The van der Waals surface area contributed by atoms with Crippen molar-refractivity contribution < 1.29 is 62.7 Å². The summed E-state index contributed by atoms with van der Waals surface area (Å²) in [6.45, 7) is 5.08. The van der Waals surface area contributed by atoms with Gasteiger partial charge in [0.15, 0.2) is 11.6 Å². The van der Waals surface area contributed by atoms with E-state index in [1.807, 2.05) is 0 Å². The number of carbonyl (C=O) groups excluding carboxylic acids is 5. The van der Waals surface area contributed by atoms with E-state index in [4.69, 9.17) is 29.8 Å². The molecule has 0 heterocycles. The number of carbonyl (C=O) groups is 7. The van der Waals surface area contributed by atoms with Crippen molar-refractivity contribution in [3.63, 3.8) is 0 Å². The van der Waals surface area contributed by atoms with E-state index in [-0.39, 0.29) is 67.6 Å². The van der Waals surface area contributed by atoms with E-state index in [2.05, 4.69) is 16.0 Å². The number of nitrogens with one attached hydrogen (secondary N) is 3. The number of ether oxygens (including phenoxy) is 4. The van der Waals surface area contributed by atoms with Crippen LogP contribution in [0.15, 0.2) is 0 Å². The van der Waals surface area contributed by atoms with Crippen molar-refractivity contribution in [3.05, 3.63) is 0 Å². The Balaban J connectivity index is 0.